The smallest absolute Gasteiger partial charge is 0.333 e. The summed E-state index contributed by atoms with van der Waals surface area (Å²) in [6.07, 6.45) is 3.24. The summed E-state index contributed by atoms with van der Waals surface area (Å²) < 4.78 is 55.8. The topological polar surface area (TPSA) is 95.6 Å². The number of alkyl halides is 3. The van der Waals surface area contributed by atoms with Crippen molar-refractivity contribution in [2.45, 2.75) is 24.7 Å². The van der Waals surface area contributed by atoms with Crippen LogP contribution in [0.3, 0.4) is 0 Å². The lowest BCUT2D eigenvalue weighted by Gasteiger charge is -2.31. The van der Waals surface area contributed by atoms with Gasteiger partial charge in [-0.1, -0.05) is 17.7 Å². The van der Waals surface area contributed by atoms with E-state index in [1.54, 1.807) is 5.38 Å². The van der Waals surface area contributed by atoms with Crippen LogP contribution in [0.2, 0.25) is 5.02 Å². The van der Waals surface area contributed by atoms with Crippen LogP contribution in [0.4, 0.5) is 17.6 Å². The molecule has 180 valence electrons. The second kappa shape index (κ2) is 9.82. The molecule has 2 aromatic heterocycles. The van der Waals surface area contributed by atoms with Gasteiger partial charge in [0, 0.05) is 46.1 Å². The van der Waals surface area contributed by atoms with Crippen molar-refractivity contribution in [1.82, 2.24) is 20.1 Å². The molecule has 1 aliphatic rings. The molecular formula is C21H18ClF4N5O2S. The first-order chi connectivity index (χ1) is 16.2. The molecule has 3 N–H and O–H groups in total. The highest BCUT2D eigenvalue weighted by molar-refractivity contribution is 7.11. The second-order valence-corrected chi connectivity index (χ2v) is 8.83. The fraction of sp³-hybridized carbons (Fsp3) is 0.286. The standard InChI is InChI=1S/C21H18ClF4N5O2S/c22-14-5-12(23)1-2-13(14)17-16(11-7-28-31(8-11)20(24)25)15(6-21(26,9-32)10-33)29-18(30-17)19-27-3-4-34-19/h1-5,7-8,17,20,32-33H,6,9-10H2,(H,29,30)/t17-/m0/s1. The SMILES string of the molecule is OCC(F)(CO)CC1=C(c2cnn(C(F)F)c2)[C@H](c2ccc(F)cc2Cl)N=C(c2nccs2)N1. The molecule has 3 aromatic rings. The number of thiazole rings is 1. The third-order valence-electron chi connectivity index (χ3n) is 5.19. The maximum Gasteiger partial charge on any atom is 0.333 e. The lowest BCUT2D eigenvalue weighted by molar-refractivity contribution is 0.0159. The van der Waals surface area contributed by atoms with Gasteiger partial charge in [0.15, 0.2) is 16.5 Å². The van der Waals surface area contributed by atoms with Gasteiger partial charge in [-0.25, -0.2) is 18.4 Å². The third kappa shape index (κ3) is 4.85. The maximum absolute atomic E-state index is 15.1. The van der Waals surface area contributed by atoms with E-state index >= 15 is 4.39 Å². The number of nitrogens with zero attached hydrogens (tertiary/aromatic N) is 4. The van der Waals surface area contributed by atoms with Crippen molar-refractivity contribution in [3.63, 3.8) is 0 Å². The van der Waals surface area contributed by atoms with Crippen LogP contribution >= 0.6 is 22.9 Å². The first-order valence-corrected chi connectivity index (χ1v) is 11.2. The number of amidine groups is 1. The number of allylic oxidation sites excluding steroid dienone is 1. The molecule has 0 fully saturated rings. The van der Waals surface area contributed by atoms with E-state index in [-0.39, 0.29) is 27.7 Å². The van der Waals surface area contributed by atoms with Crippen molar-refractivity contribution in [3.8, 4) is 0 Å². The number of hydrogen-bond donors (Lipinski definition) is 3. The Bertz CT molecular complexity index is 1230. The average Bonchev–Trinajstić information content (AvgIpc) is 3.51. The molecule has 0 bridgehead atoms. The zero-order valence-electron chi connectivity index (χ0n) is 17.3. The maximum atomic E-state index is 15.1. The number of halogens is 5. The number of aliphatic hydroxyl groups excluding tert-OH is 2. The Morgan fingerprint density at radius 2 is 2.03 bits per heavy atom. The molecule has 7 nitrogen and oxygen atoms in total. The molecule has 4 rings (SSSR count). The fourth-order valence-corrected chi connectivity index (χ4v) is 4.39. The van der Waals surface area contributed by atoms with Crippen molar-refractivity contribution in [2.24, 2.45) is 4.99 Å². The van der Waals surface area contributed by atoms with E-state index in [1.165, 1.54) is 29.7 Å². The summed E-state index contributed by atoms with van der Waals surface area (Å²) in [5.74, 6) is -0.356. The number of aliphatic imine (C=N–C) groups is 1. The normalized spacial score (nSPS) is 16.7. The van der Waals surface area contributed by atoms with Crippen LogP contribution in [-0.4, -0.2) is 49.7 Å². The van der Waals surface area contributed by atoms with Gasteiger partial charge in [0.1, 0.15) is 11.9 Å². The number of aromatic nitrogens is 3. The quantitative estimate of drug-likeness (QED) is 0.392. The fourth-order valence-electron chi connectivity index (χ4n) is 3.53. The Balaban J connectivity index is 1.94. The summed E-state index contributed by atoms with van der Waals surface area (Å²) >= 11 is 7.56. The highest BCUT2D eigenvalue weighted by Gasteiger charge is 2.36. The molecule has 1 atom stereocenters. The Morgan fingerprint density at radius 1 is 1.26 bits per heavy atom. The van der Waals surface area contributed by atoms with Crippen molar-refractivity contribution < 1.29 is 27.8 Å². The zero-order chi connectivity index (χ0) is 24.5. The summed E-state index contributed by atoms with van der Waals surface area (Å²) in [6.45, 7) is -4.92. The van der Waals surface area contributed by atoms with Gasteiger partial charge in [-0.3, -0.25) is 4.99 Å². The molecule has 1 aromatic carbocycles. The molecule has 34 heavy (non-hydrogen) atoms. The van der Waals surface area contributed by atoms with Gasteiger partial charge >= 0.3 is 6.55 Å². The van der Waals surface area contributed by atoms with E-state index in [0.717, 1.165) is 18.5 Å². The molecule has 3 heterocycles. The van der Waals surface area contributed by atoms with Gasteiger partial charge in [0.25, 0.3) is 0 Å². The molecule has 0 saturated heterocycles. The minimum atomic E-state index is -2.92. The van der Waals surface area contributed by atoms with Crippen LogP contribution in [0.5, 0.6) is 0 Å². The number of benzene rings is 1. The van der Waals surface area contributed by atoms with Crippen molar-refractivity contribution in [1.29, 1.82) is 0 Å². The van der Waals surface area contributed by atoms with Gasteiger partial charge in [-0.2, -0.15) is 13.9 Å². The first-order valence-electron chi connectivity index (χ1n) is 9.90. The summed E-state index contributed by atoms with van der Waals surface area (Å²) in [5, 5.41) is 27.9. The first kappa shape index (κ1) is 24.3. The molecule has 0 radical (unpaired) electrons. The van der Waals surface area contributed by atoms with Crippen LogP contribution < -0.4 is 5.32 Å². The molecule has 1 aliphatic heterocycles. The van der Waals surface area contributed by atoms with Gasteiger partial charge < -0.3 is 15.5 Å². The van der Waals surface area contributed by atoms with Crippen molar-refractivity contribution >= 4 is 34.3 Å². The van der Waals surface area contributed by atoms with E-state index < -0.39 is 43.7 Å². The summed E-state index contributed by atoms with van der Waals surface area (Å²) in [5.41, 5.74) is -1.56. The van der Waals surface area contributed by atoms with Gasteiger partial charge in [-0.05, 0) is 17.7 Å². The van der Waals surface area contributed by atoms with E-state index in [2.05, 4.69) is 20.4 Å². The van der Waals surface area contributed by atoms with Gasteiger partial charge in [0.2, 0.25) is 0 Å². The van der Waals surface area contributed by atoms with E-state index in [0.29, 0.717) is 15.3 Å². The Hall–Kier alpha value is -2.80. The summed E-state index contributed by atoms with van der Waals surface area (Å²) in [4.78, 5) is 8.85. The van der Waals surface area contributed by atoms with Crippen LogP contribution in [0.25, 0.3) is 5.57 Å². The lowest BCUT2D eigenvalue weighted by Crippen LogP contribution is -2.39. The molecule has 0 unspecified atom stereocenters. The molecule has 13 heteroatoms. The predicted octanol–water partition coefficient (Wildman–Crippen LogP) is 4.11. The van der Waals surface area contributed by atoms with Crippen LogP contribution in [0.15, 0.2) is 52.9 Å². The van der Waals surface area contributed by atoms with Crippen molar-refractivity contribution in [3.05, 3.63) is 74.8 Å². The molecule has 0 spiro atoms. The number of nitrogens with one attached hydrogen (secondary N) is 1. The minimum absolute atomic E-state index is 0.0167. The zero-order valence-corrected chi connectivity index (χ0v) is 18.9. The highest BCUT2D eigenvalue weighted by Crippen LogP contribution is 2.43. The summed E-state index contributed by atoms with van der Waals surface area (Å²) in [6, 6.07) is 2.66. The monoisotopic (exact) mass is 515 g/mol. The Labute approximate surface area is 200 Å². The third-order valence-corrected chi connectivity index (χ3v) is 6.30. The number of hydrogen-bond acceptors (Lipinski definition) is 7. The highest BCUT2D eigenvalue weighted by atomic mass is 35.5. The van der Waals surface area contributed by atoms with Crippen LogP contribution in [0.1, 0.15) is 35.1 Å². The Kier molecular flexibility index (Phi) is 7.03. The molecule has 0 aliphatic carbocycles. The number of aliphatic hydroxyl groups is 2. The van der Waals surface area contributed by atoms with E-state index in [4.69, 9.17) is 11.6 Å². The largest absolute Gasteiger partial charge is 0.393 e. The summed E-state index contributed by atoms with van der Waals surface area (Å²) in [7, 11) is 0. The van der Waals surface area contributed by atoms with Gasteiger partial charge in [0.05, 0.1) is 19.4 Å². The minimum Gasteiger partial charge on any atom is -0.393 e. The van der Waals surface area contributed by atoms with E-state index in [9.17, 15) is 23.4 Å². The van der Waals surface area contributed by atoms with Crippen LogP contribution in [-0.2, 0) is 0 Å². The molecule has 0 amide bonds. The van der Waals surface area contributed by atoms with Gasteiger partial charge in [-0.15, -0.1) is 11.3 Å². The number of rotatable bonds is 8. The Morgan fingerprint density at radius 3 is 2.62 bits per heavy atom. The predicted molar refractivity (Wildman–Crippen MR) is 119 cm³/mol. The average molecular weight is 516 g/mol. The lowest BCUT2D eigenvalue weighted by atomic mass is 9.88. The molecule has 0 saturated carbocycles. The molecular weight excluding hydrogens is 498 g/mol. The van der Waals surface area contributed by atoms with Crippen molar-refractivity contribution in [2.75, 3.05) is 13.2 Å². The van der Waals surface area contributed by atoms with E-state index in [1.807, 2.05) is 0 Å². The van der Waals surface area contributed by atoms with Crippen LogP contribution in [0, 0.1) is 5.82 Å². The second-order valence-electron chi connectivity index (χ2n) is 7.53.